The number of hydrogen-bond acceptors (Lipinski definition) is 1. The molecule has 2 unspecified atom stereocenters. The molecule has 0 aromatic heterocycles. The van der Waals surface area contributed by atoms with Gasteiger partial charge in [-0.15, -0.1) is 0 Å². The highest BCUT2D eigenvalue weighted by molar-refractivity contribution is 5.27. The molecule has 2 heteroatoms. The molecule has 16 heavy (non-hydrogen) atoms. The maximum absolute atomic E-state index is 12.9. The number of hydrogen-bond donors (Lipinski definition) is 1. The first-order valence-electron chi connectivity index (χ1n) is 6.19. The highest BCUT2D eigenvalue weighted by Gasteiger charge is 2.15. The number of alkyl halides is 1. The molecule has 0 bridgehead atoms. The van der Waals surface area contributed by atoms with E-state index in [-0.39, 0.29) is 0 Å². The SMILES string of the molecule is CC(F)Cc1cccc(C2CCCNC2)c1. The van der Waals surface area contributed by atoms with Crippen molar-refractivity contribution in [3.05, 3.63) is 35.4 Å². The van der Waals surface area contributed by atoms with Crippen LogP contribution in [0.3, 0.4) is 0 Å². The maximum atomic E-state index is 12.9. The van der Waals surface area contributed by atoms with E-state index in [0.29, 0.717) is 12.3 Å². The van der Waals surface area contributed by atoms with Crippen LogP contribution in [0.4, 0.5) is 4.39 Å². The van der Waals surface area contributed by atoms with E-state index in [1.165, 1.54) is 18.4 Å². The fourth-order valence-corrected chi connectivity index (χ4v) is 2.44. The minimum Gasteiger partial charge on any atom is -0.316 e. The molecule has 1 fully saturated rings. The predicted molar refractivity (Wildman–Crippen MR) is 65.6 cm³/mol. The highest BCUT2D eigenvalue weighted by atomic mass is 19.1. The van der Waals surface area contributed by atoms with Crippen LogP contribution in [0.2, 0.25) is 0 Å². The van der Waals surface area contributed by atoms with Gasteiger partial charge in [0, 0.05) is 13.0 Å². The Bertz CT molecular complexity index is 329. The van der Waals surface area contributed by atoms with Crippen molar-refractivity contribution >= 4 is 0 Å². The van der Waals surface area contributed by atoms with E-state index < -0.39 is 6.17 Å². The number of nitrogens with one attached hydrogen (secondary N) is 1. The highest BCUT2D eigenvalue weighted by Crippen LogP contribution is 2.24. The standard InChI is InChI=1S/C14H20FN/c1-11(15)8-12-4-2-5-13(9-12)14-6-3-7-16-10-14/h2,4-5,9,11,14,16H,3,6-8,10H2,1H3. The van der Waals surface area contributed by atoms with Gasteiger partial charge in [0.2, 0.25) is 0 Å². The zero-order chi connectivity index (χ0) is 11.4. The van der Waals surface area contributed by atoms with Crippen LogP contribution in [-0.2, 0) is 6.42 Å². The molecule has 0 saturated carbocycles. The third-order valence-electron chi connectivity index (χ3n) is 3.24. The fourth-order valence-electron chi connectivity index (χ4n) is 2.44. The van der Waals surface area contributed by atoms with Gasteiger partial charge in [0.15, 0.2) is 0 Å². The molecule has 0 amide bonds. The summed E-state index contributed by atoms with van der Waals surface area (Å²) in [4.78, 5) is 0. The van der Waals surface area contributed by atoms with E-state index in [1.807, 2.05) is 6.07 Å². The molecule has 0 spiro atoms. The lowest BCUT2D eigenvalue weighted by Gasteiger charge is -2.23. The van der Waals surface area contributed by atoms with Gasteiger partial charge in [-0.2, -0.15) is 0 Å². The summed E-state index contributed by atoms with van der Waals surface area (Å²) >= 11 is 0. The van der Waals surface area contributed by atoms with Gasteiger partial charge in [-0.1, -0.05) is 24.3 Å². The molecular formula is C14H20FN. The van der Waals surface area contributed by atoms with Crippen molar-refractivity contribution in [3.63, 3.8) is 0 Å². The lowest BCUT2D eigenvalue weighted by Crippen LogP contribution is -2.28. The van der Waals surface area contributed by atoms with Gasteiger partial charge >= 0.3 is 0 Å². The Labute approximate surface area is 97.1 Å². The van der Waals surface area contributed by atoms with Crippen molar-refractivity contribution in [1.29, 1.82) is 0 Å². The maximum Gasteiger partial charge on any atom is 0.101 e. The van der Waals surface area contributed by atoms with E-state index in [0.717, 1.165) is 18.7 Å². The van der Waals surface area contributed by atoms with Gasteiger partial charge in [0.25, 0.3) is 0 Å². The minimum atomic E-state index is -0.750. The Morgan fingerprint density at radius 1 is 1.50 bits per heavy atom. The summed E-state index contributed by atoms with van der Waals surface area (Å²) in [5.74, 6) is 0.614. The molecule has 88 valence electrons. The molecule has 0 radical (unpaired) electrons. The quantitative estimate of drug-likeness (QED) is 0.827. The molecule has 2 rings (SSSR count). The molecule has 1 aromatic rings. The van der Waals surface area contributed by atoms with Crippen molar-refractivity contribution in [1.82, 2.24) is 5.32 Å². The van der Waals surface area contributed by atoms with E-state index in [9.17, 15) is 4.39 Å². The van der Waals surface area contributed by atoms with Gasteiger partial charge in [-0.3, -0.25) is 0 Å². The molecule has 1 aliphatic heterocycles. The first-order chi connectivity index (χ1) is 7.75. The van der Waals surface area contributed by atoms with Crippen LogP contribution in [0, 0.1) is 0 Å². The van der Waals surface area contributed by atoms with E-state index in [2.05, 4.69) is 23.5 Å². The van der Waals surface area contributed by atoms with E-state index in [4.69, 9.17) is 0 Å². The van der Waals surface area contributed by atoms with Gasteiger partial charge in [-0.25, -0.2) is 4.39 Å². The summed E-state index contributed by atoms with van der Waals surface area (Å²) in [5.41, 5.74) is 2.49. The third kappa shape index (κ3) is 3.05. The minimum absolute atomic E-state index is 0.536. The van der Waals surface area contributed by atoms with Crippen molar-refractivity contribution in [2.24, 2.45) is 0 Å². The second-order valence-corrected chi connectivity index (χ2v) is 4.77. The van der Waals surface area contributed by atoms with Crippen LogP contribution >= 0.6 is 0 Å². The predicted octanol–water partition coefficient (Wildman–Crippen LogP) is 3.05. The molecule has 1 aromatic carbocycles. The van der Waals surface area contributed by atoms with Crippen LogP contribution in [0.15, 0.2) is 24.3 Å². The van der Waals surface area contributed by atoms with Crippen LogP contribution in [0.1, 0.15) is 36.8 Å². The number of benzene rings is 1. The van der Waals surface area contributed by atoms with Crippen LogP contribution in [0.25, 0.3) is 0 Å². The third-order valence-corrected chi connectivity index (χ3v) is 3.24. The van der Waals surface area contributed by atoms with Gasteiger partial charge in [-0.05, 0) is 43.4 Å². The largest absolute Gasteiger partial charge is 0.316 e. The lowest BCUT2D eigenvalue weighted by molar-refractivity contribution is 0.360. The molecule has 1 heterocycles. The zero-order valence-electron chi connectivity index (χ0n) is 9.88. The Hall–Kier alpha value is -0.890. The first-order valence-corrected chi connectivity index (χ1v) is 6.19. The molecule has 1 saturated heterocycles. The zero-order valence-corrected chi connectivity index (χ0v) is 9.88. The molecular weight excluding hydrogens is 201 g/mol. The van der Waals surface area contributed by atoms with Crippen LogP contribution < -0.4 is 5.32 Å². The average molecular weight is 221 g/mol. The average Bonchev–Trinajstić information content (AvgIpc) is 2.30. The molecule has 1 aliphatic rings. The van der Waals surface area contributed by atoms with Crippen LogP contribution in [0.5, 0.6) is 0 Å². The summed E-state index contributed by atoms with van der Waals surface area (Å²) in [6.07, 6.45) is 2.28. The van der Waals surface area contributed by atoms with Gasteiger partial charge < -0.3 is 5.32 Å². The second-order valence-electron chi connectivity index (χ2n) is 4.77. The van der Waals surface area contributed by atoms with Crippen molar-refractivity contribution < 1.29 is 4.39 Å². The topological polar surface area (TPSA) is 12.0 Å². The lowest BCUT2D eigenvalue weighted by atomic mass is 9.90. The van der Waals surface area contributed by atoms with Crippen molar-refractivity contribution in [2.45, 2.75) is 38.3 Å². The number of halogens is 1. The number of rotatable bonds is 3. The van der Waals surface area contributed by atoms with Crippen molar-refractivity contribution in [3.8, 4) is 0 Å². The molecule has 1 N–H and O–H groups in total. The molecule has 2 atom stereocenters. The first kappa shape index (κ1) is 11.6. The van der Waals surface area contributed by atoms with Gasteiger partial charge in [0.05, 0.1) is 0 Å². The van der Waals surface area contributed by atoms with Gasteiger partial charge in [0.1, 0.15) is 6.17 Å². The summed E-state index contributed by atoms with van der Waals surface area (Å²) in [6.45, 7) is 3.82. The molecule has 0 aliphatic carbocycles. The summed E-state index contributed by atoms with van der Waals surface area (Å²) in [5, 5.41) is 3.42. The summed E-state index contributed by atoms with van der Waals surface area (Å²) in [6, 6.07) is 8.43. The Kier molecular flexibility index (Phi) is 3.94. The fraction of sp³-hybridized carbons (Fsp3) is 0.571. The molecule has 1 nitrogen and oxygen atoms in total. The number of piperidine rings is 1. The van der Waals surface area contributed by atoms with Crippen molar-refractivity contribution in [2.75, 3.05) is 13.1 Å². The monoisotopic (exact) mass is 221 g/mol. The Morgan fingerprint density at radius 3 is 3.06 bits per heavy atom. The normalized spacial score (nSPS) is 23.0. The Morgan fingerprint density at radius 2 is 2.38 bits per heavy atom. The van der Waals surface area contributed by atoms with E-state index in [1.54, 1.807) is 6.92 Å². The van der Waals surface area contributed by atoms with Crippen LogP contribution in [-0.4, -0.2) is 19.3 Å². The van der Waals surface area contributed by atoms with E-state index >= 15 is 0 Å². The Balaban J connectivity index is 2.08. The smallest absolute Gasteiger partial charge is 0.101 e. The second kappa shape index (κ2) is 5.44. The summed E-state index contributed by atoms with van der Waals surface area (Å²) in [7, 11) is 0. The summed E-state index contributed by atoms with van der Waals surface area (Å²) < 4.78 is 12.9.